The Morgan fingerprint density at radius 2 is 2.00 bits per heavy atom. The average Bonchev–Trinajstić information content (AvgIpc) is 2.25. The lowest BCUT2D eigenvalue weighted by atomic mass is 10.5. The minimum atomic E-state index is -0.262. The summed E-state index contributed by atoms with van der Waals surface area (Å²) in [5.74, 6) is -0.524. The molecule has 0 spiro atoms. The summed E-state index contributed by atoms with van der Waals surface area (Å²) in [6.07, 6.45) is 0. The zero-order valence-electron chi connectivity index (χ0n) is 6.60. The Morgan fingerprint density at radius 1 is 1.42 bits per heavy atom. The molecular weight excluding hydrogens is 166 g/mol. The third-order valence-corrected chi connectivity index (χ3v) is 1.36. The second-order valence-electron chi connectivity index (χ2n) is 1.98. The van der Waals surface area contributed by atoms with Gasteiger partial charge in [-0.05, 0) is 4.85 Å². The molecule has 2 N–H and O–H groups in total. The summed E-state index contributed by atoms with van der Waals surface area (Å²) < 4.78 is 9.13. The number of methoxy groups -OCH3 is 2. The number of hydrogen-bond donors (Lipinski definition) is 1. The molecule has 0 unspecified atom stereocenters. The topological polar surface area (TPSA) is 99.4 Å². The van der Waals surface area contributed by atoms with Crippen LogP contribution in [0.25, 0.3) is 0 Å². The Kier molecular flexibility index (Phi) is 1.86. The third kappa shape index (κ3) is 0.865. The van der Waals surface area contributed by atoms with Gasteiger partial charge in [0.25, 0.3) is 5.88 Å². The van der Waals surface area contributed by atoms with Crippen molar-refractivity contribution in [3.8, 4) is 11.8 Å². The zero-order chi connectivity index (χ0) is 9.30. The molecular formula is C5H8N3O4-. The fourth-order valence-corrected chi connectivity index (χ4v) is 0.839. The second-order valence-corrected chi connectivity index (χ2v) is 1.98. The molecule has 1 rings (SSSR count). The fourth-order valence-electron chi connectivity index (χ4n) is 0.839. The van der Waals surface area contributed by atoms with Gasteiger partial charge in [-0.3, -0.25) is 0 Å². The van der Waals surface area contributed by atoms with Crippen molar-refractivity contribution in [3.05, 3.63) is 10.4 Å². The van der Waals surface area contributed by atoms with Crippen LogP contribution in [0.4, 0.5) is 5.69 Å². The van der Waals surface area contributed by atoms with Crippen LogP contribution >= 0.6 is 0 Å². The van der Waals surface area contributed by atoms with Crippen LogP contribution in [0.3, 0.4) is 0 Å². The minimum absolute atomic E-state index is 0.0336. The van der Waals surface area contributed by atoms with E-state index in [1.165, 1.54) is 14.2 Å². The molecule has 68 valence electrons. The maximum atomic E-state index is 10.9. The Bertz CT molecular complexity index is 268. The van der Waals surface area contributed by atoms with Gasteiger partial charge in [-0.1, -0.05) is 0 Å². The van der Waals surface area contributed by atoms with E-state index in [4.69, 9.17) is 5.73 Å². The summed E-state index contributed by atoms with van der Waals surface area (Å²) >= 11 is 0. The van der Waals surface area contributed by atoms with E-state index in [9.17, 15) is 10.4 Å². The first-order valence-electron chi connectivity index (χ1n) is 3.03. The Hall–Kier alpha value is -1.79. The van der Waals surface area contributed by atoms with Crippen molar-refractivity contribution >= 4 is 5.69 Å². The normalized spacial score (nSPS) is 9.83. The maximum absolute atomic E-state index is 10.9. The summed E-state index contributed by atoms with van der Waals surface area (Å²) in [5, 5.41) is 21.8. The van der Waals surface area contributed by atoms with Gasteiger partial charge in [0.2, 0.25) is 5.69 Å². The van der Waals surface area contributed by atoms with Gasteiger partial charge >= 0.3 is 5.88 Å². The molecule has 0 atom stereocenters. The van der Waals surface area contributed by atoms with Gasteiger partial charge in [-0.15, -0.1) is 4.85 Å². The van der Waals surface area contributed by atoms with E-state index in [0.29, 0.717) is 0 Å². The van der Waals surface area contributed by atoms with Crippen LogP contribution < -0.4 is 20.1 Å². The van der Waals surface area contributed by atoms with Gasteiger partial charge < -0.3 is 25.6 Å². The number of ether oxygens (including phenoxy) is 2. The van der Waals surface area contributed by atoms with Crippen molar-refractivity contribution in [3.63, 3.8) is 0 Å². The molecule has 0 saturated carbocycles. The van der Waals surface area contributed by atoms with Crippen molar-refractivity contribution in [1.82, 2.24) is 4.85 Å². The predicted molar refractivity (Wildman–Crippen MR) is 39.7 cm³/mol. The Balaban J connectivity index is 3.32. The monoisotopic (exact) mass is 174 g/mol. The van der Waals surface area contributed by atoms with Crippen molar-refractivity contribution < 1.29 is 14.3 Å². The standard InChI is InChI=1S/C5H8N3O4/c1-11-4-3(6)5(12-2)8(10)7(4)9/h6H2,1-2H3/q-1. The molecule has 0 aliphatic heterocycles. The van der Waals surface area contributed by atoms with E-state index in [1.807, 2.05) is 0 Å². The number of nitrogen functional groups attached to an aromatic ring is 1. The van der Waals surface area contributed by atoms with E-state index in [0.717, 1.165) is 0 Å². The summed E-state index contributed by atoms with van der Waals surface area (Å²) in [4.78, 5) is -0.0671. The molecule has 0 aromatic carbocycles. The number of nitrogens with two attached hydrogens (primary N) is 1. The van der Waals surface area contributed by atoms with E-state index >= 15 is 0 Å². The smallest absolute Gasteiger partial charge is 0.433 e. The van der Waals surface area contributed by atoms with Crippen LogP contribution in [0.5, 0.6) is 11.8 Å². The first-order chi connectivity index (χ1) is 5.63. The van der Waals surface area contributed by atoms with Crippen LogP contribution in [0.1, 0.15) is 0 Å². The lowest BCUT2D eigenvalue weighted by Gasteiger charge is -2.06. The molecule has 0 fully saturated rings. The molecule has 0 amide bonds. The first kappa shape index (κ1) is 8.31. The van der Waals surface area contributed by atoms with E-state index in [-0.39, 0.29) is 27.1 Å². The summed E-state index contributed by atoms with van der Waals surface area (Å²) in [7, 11) is 2.47. The number of nitrogens with zero attached hydrogens (tertiary/aromatic N) is 2. The lowest BCUT2D eigenvalue weighted by Crippen LogP contribution is -2.35. The number of aromatic nitrogens is 2. The van der Waals surface area contributed by atoms with Crippen LogP contribution in [0, 0.1) is 10.4 Å². The van der Waals surface area contributed by atoms with E-state index in [1.54, 1.807) is 0 Å². The largest absolute Gasteiger partial charge is 0.755 e. The third-order valence-electron chi connectivity index (χ3n) is 1.36. The van der Waals surface area contributed by atoms with Gasteiger partial charge in [-0.2, -0.15) is 0 Å². The van der Waals surface area contributed by atoms with Gasteiger partial charge in [0, 0.05) is 0 Å². The molecule has 0 saturated heterocycles. The summed E-state index contributed by atoms with van der Waals surface area (Å²) in [6.45, 7) is 0. The van der Waals surface area contributed by atoms with Crippen LogP contribution in [0.2, 0.25) is 0 Å². The average molecular weight is 174 g/mol. The molecule has 0 aliphatic carbocycles. The second kappa shape index (κ2) is 2.68. The highest BCUT2D eigenvalue weighted by atomic mass is 16.7. The molecule has 0 bridgehead atoms. The highest BCUT2D eigenvalue weighted by molar-refractivity contribution is 5.54. The molecule has 12 heavy (non-hydrogen) atoms. The number of rotatable bonds is 2. The molecule has 7 nitrogen and oxygen atoms in total. The maximum Gasteiger partial charge on any atom is 0.433 e. The van der Waals surface area contributed by atoms with Crippen molar-refractivity contribution in [1.29, 1.82) is 0 Å². The minimum Gasteiger partial charge on any atom is -0.755 e. The van der Waals surface area contributed by atoms with Crippen molar-refractivity contribution in [2.75, 3.05) is 20.0 Å². The Morgan fingerprint density at radius 3 is 2.25 bits per heavy atom. The van der Waals surface area contributed by atoms with E-state index in [2.05, 4.69) is 9.47 Å². The molecule has 0 radical (unpaired) electrons. The fraction of sp³-hybridized carbons (Fsp3) is 0.400. The van der Waals surface area contributed by atoms with Crippen molar-refractivity contribution in [2.45, 2.75) is 0 Å². The first-order valence-corrected chi connectivity index (χ1v) is 3.03. The zero-order valence-corrected chi connectivity index (χ0v) is 6.60. The van der Waals surface area contributed by atoms with Crippen LogP contribution in [0.15, 0.2) is 0 Å². The molecule has 0 aliphatic rings. The van der Waals surface area contributed by atoms with E-state index < -0.39 is 0 Å². The van der Waals surface area contributed by atoms with Gasteiger partial charge in [0.15, 0.2) is 0 Å². The SMILES string of the molecule is COc1c(N)c(OC)[n+]([O-])n1[O-]. The molecule has 7 heteroatoms. The van der Waals surface area contributed by atoms with Gasteiger partial charge in [0.1, 0.15) is 0 Å². The number of anilines is 1. The van der Waals surface area contributed by atoms with Crippen LogP contribution in [-0.2, 0) is 0 Å². The Labute approximate surface area is 68.0 Å². The molecule has 1 aromatic rings. The van der Waals surface area contributed by atoms with Crippen LogP contribution in [-0.4, -0.2) is 19.1 Å². The highest BCUT2D eigenvalue weighted by Gasteiger charge is 2.23. The lowest BCUT2D eigenvalue weighted by molar-refractivity contribution is -0.689. The predicted octanol–water partition coefficient (Wildman–Crippen LogP) is -0.933. The summed E-state index contributed by atoms with van der Waals surface area (Å²) in [5.41, 5.74) is 5.23. The highest BCUT2D eigenvalue weighted by Crippen LogP contribution is 2.27. The quantitative estimate of drug-likeness (QED) is 0.461. The molecule has 1 heterocycles. The molecule has 1 aromatic heterocycles. The van der Waals surface area contributed by atoms with Gasteiger partial charge in [-0.25, -0.2) is 0 Å². The summed E-state index contributed by atoms with van der Waals surface area (Å²) in [6, 6.07) is 0. The van der Waals surface area contributed by atoms with Gasteiger partial charge in [0.05, 0.1) is 14.2 Å². The van der Waals surface area contributed by atoms with Crippen molar-refractivity contribution in [2.24, 2.45) is 0 Å². The number of hydrogen-bond acceptors (Lipinski definition) is 5.